The molecular formula is C36H34N8O3. The Morgan fingerprint density at radius 2 is 1.72 bits per heavy atom. The largest absolute Gasteiger partial charge is 0.497 e. The zero-order valence-electron chi connectivity index (χ0n) is 26.1. The Morgan fingerprint density at radius 1 is 0.936 bits per heavy atom. The molecule has 0 fully saturated rings. The third-order valence-electron chi connectivity index (χ3n) is 8.16. The number of methoxy groups -OCH3 is 2. The molecule has 11 nitrogen and oxygen atoms in total. The zero-order valence-corrected chi connectivity index (χ0v) is 26.1. The molecule has 11 heteroatoms. The molecule has 0 spiro atoms. The van der Waals surface area contributed by atoms with Gasteiger partial charge in [0.2, 0.25) is 0 Å². The average molecular weight is 627 g/mol. The van der Waals surface area contributed by atoms with Crippen LogP contribution in [-0.2, 0) is 25.8 Å². The van der Waals surface area contributed by atoms with Gasteiger partial charge < -0.3 is 24.3 Å². The number of amides is 1. The molecule has 0 saturated carbocycles. The minimum atomic E-state index is -0.541. The second kappa shape index (κ2) is 14.4. The van der Waals surface area contributed by atoms with Crippen LogP contribution in [0.3, 0.4) is 0 Å². The molecule has 2 N–H and O–H groups in total. The second-order valence-corrected chi connectivity index (χ2v) is 11.0. The van der Waals surface area contributed by atoms with Gasteiger partial charge in [0.15, 0.2) is 5.82 Å². The molecule has 0 unspecified atom stereocenters. The van der Waals surface area contributed by atoms with Gasteiger partial charge in [0, 0.05) is 57.7 Å². The molecule has 0 bridgehead atoms. The Kier molecular flexibility index (Phi) is 9.45. The molecule has 6 rings (SSSR count). The third-order valence-corrected chi connectivity index (χ3v) is 8.16. The van der Waals surface area contributed by atoms with Crippen LogP contribution in [0.4, 0.5) is 5.69 Å². The lowest BCUT2D eigenvalue weighted by molar-refractivity contribution is 0.0934. The minimum absolute atomic E-state index is 0.287. The van der Waals surface area contributed by atoms with Crippen LogP contribution in [0.15, 0.2) is 108 Å². The molecule has 1 amide bonds. The summed E-state index contributed by atoms with van der Waals surface area (Å²) >= 11 is 0. The topological polar surface area (TPSA) is 143 Å². The highest BCUT2D eigenvalue weighted by molar-refractivity contribution is 5.94. The molecule has 6 aromatic rings. The number of aromatic nitrogens is 4. The van der Waals surface area contributed by atoms with Crippen LogP contribution in [0.2, 0.25) is 0 Å². The van der Waals surface area contributed by atoms with Gasteiger partial charge in [-0.05, 0) is 53.4 Å². The number of carbonyl (C=O) groups excluding carboxylic acids is 1. The van der Waals surface area contributed by atoms with Crippen molar-refractivity contribution < 1.29 is 14.3 Å². The Morgan fingerprint density at radius 3 is 2.49 bits per heavy atom. The number of carbonyl (C=O) groups is 1. The molecule has 0 aliphatic rings. The lowest BCUT2D eigenvalue weighted by Gasteiger charge is -2.21. The quantitative estimate of drug-likeness (QED) is 0.0788. The van der Waals surface area contributed by atoms with E-state index >= 15 is 0 Å². The first-order valence-electron chi connectivity index (χ1n) is 15.2. The first-order valence-corrected chi connectivity index (χ1v) is 15.2. The number of hydrogen-bond donors (Lipinski definition) is 2. The first kappa shape index (κ1) is 30.9. The molecule has 2 heterocycles. The molecule has 4 aromatic carbocycles. The lowest BCUT2D eigenvalue weighted by atomic mass is 10.0. The van der Waals surface area contributed by atoms with Crippen LogP contribution in [0.25, 0.3) is 21.3 Å². The smallest absolute Gasteiger partial charge is 0.251 e. The fraction of sp³-hybridized carbons (Fsp3) is 0.194. The van der Waals surface area contributed by atoms with Crippen molar-refractivity contribution in [2.45, 2.75) is 31.8 Å². The predicted molar refractivity (Wildman–Crippen MR) is 180 cm³/mol. The summed E-state index contributed by atoms with van der Waals surface area (Å²) in [6.07, 6.45) is 3.85. The van der Waals surface area contributed by atoms with E-state index in [4.69, 9.17) is 20.1 Å². The first-order chi connectivity index (χ1) is 23.1. The number of para-hydroxylation sites is 1. The van der Waals surface area contributed by atoms with Crippen molar-refractivity contribution in [2.24, 2.45) is 5.11 Å². The lowest BCUT2D eigenvalue weighted by Crippen LogP contribution is -2.32. The van der Waals surface area contributed by atoms with E-state index in [1.54, 1.807) is 38.5 Å². The van der Waals surface area contributed by atoms with Crippen molar-refractivity contribution in [3.05, 3.63) is 148 Å². The van der Waals surface area contributed by atoms with E-state index in [1.807, 2.05) is 60.8 Å². The molecule has 0 aliphatic heterocycles. The summed E-state index contributed by atoms with van der Waals surface area (Å²) in [6.45, 7) is 0.417. The number of aryl methyl sites for hydroxylation is 2. The number of ether oxygens (including phenoxy) is 2. The standard InChI is InChI=1S/C36H34N8O3/c1-46-29-18-15-26(33(21-29)47-2)23-44-34(19-12-24-8-4-3-5-9-24)41-42-35(44)32(20-27-22-38-31-11-7-6-10-30(27)31)39-36(45)25-13-16-28(17-14-25)40-43-37/h3-11,13-18,21-22,32,38H,12,19-20,23H2,1-2H3,(H,39,45)/t32-/m1/s1. The van der Waals surface area contributed by atoms with Crippen molar-refractivity contribution in [2.75, 3.05) is 14.2 Å². The number of aromatic amines is 1. The SMILES string of the molecule is COc1ccc(Cn2c(CCc3ccccc3)nnc2[C@@H](Cc2c[nH]c3ccccc23)NC(=O)c2ccc(N=[N+]=[N-])cc2)c(OC)c1. The summed E-state index contributed by atoms with van der Waals surface area (Å²) in [5.74, 6) is 2.49. The minimum Gasteiger partial charge on any atom is -0.497 e. The second-order valence-electron chi connectivity index (χ2n) is 11.0. The number of benzene rings is 4. The maximum atomic E-state index is 13.7. The summed E-state index contributed by atoms with van der Waals surface area (Å²) in [6, 6.07) is 30.0. The van der Waals surface area contributed by atoms with Gasteiger partial charge in [-0.3, -0.25) is 4.79 Å². The fourth-order valence-corrected chi connectivity index (χ4v) is 5.72. The Bertz CT molecular complexity index is 2030. The van der Waals surface area contributed by atoms with Gasteiger partial charge >= 0.3 is 0 Å². The number of rotatable bonds is 13. The van der Waals surface area contributed by atoms with Gasteiger partial charge in [-0.15, -0.1) is 10.2 Å². The molecule has 2 aromatic heterocycles. The molecule has 0 radical (unpaired) electrons. The van der Waals surface area contributed by atoms with Gasteiger partial charge in [-0.2, -0.15) is 0 Å². The summed E-state index contributed by atoms with van der Waals surface area (Å²) < 4.78 is 13.3. The number of fused-ring (bicyclic) bond motifs is 1. The van der Waals surface area contributed by atoms with E-state index in [0.717, 1.165) is 34.3 Å². The van der Waals surface area contributed by atoms with Crippen molar-refractivity contribution >= 4 is 22.5 Å². The number of nitrogens with zero attached hydrogens (tertiary/aromatic N) is 6. The van der Waals surface area contributed by atoms with E-state index in [9.17, 15) is 4.79 Å². The van der Waals surface area contributed by atoms with Gasteiger partial charge in [0.05, 0.1) is 26.8 Å². The molecule has 236 valence electrons. The van der Waals surface area contributed by atoms with Gasteiger partial charge in [0.25, 0.3) is 5.91 Å². The van der Waals surface area contributed by atoms with Crippen molar-refractivity contribution in [1.29, 1.82) is 0 Å². The van der Waals surface area contributed by atoms with E-state index in [-0.39, 0.29) is 5.91 Å². The summed E-state index contributed by atoms with van der Waals surface area (Å²) in [4.78, 5) is 19.9. The van der Waals surface area contributed by atoms with Gasteiger partial charge in [0.1, 0.15) is 17.3 Å². The number of nitrogens with one attached hydrogen (secondary N) is 2. The maximum absolute atomic E-state index is 13.7. The van der Waals surface area contributed by atoms with Crippen molar-refractivity contribution in [3.8, 4) is 11.5 Å². The van der Waals surface area contributed by atoms with E-state index < -0.39 is 6.04 Å². The van der Waals surface area contributed by atoms with Crippen LogP contribution in [-0.4, -0.2) is 39.9 Å². The molecule has 47 heavy (non-hydrogen) atoms. The van der Waals surface area contributed by atoms with Crippen LogP contribution in [0.5, 0.6) is 11.5 Å². The highest BCUT2D eigenvalue weighted by Crippen LogP contribution is 2.29. The van der Waals surface area contributed by atoms with E-state index in [2.05, 4.69) is 48.2 Å². The van der Waals surface area contributed by atoms with Gasteiger partial charge in [-0.25, -0.2) is 0 Å². The van der Waals surface area contributed by atoms with Crippen molar-refractivity contribution in [1.82, 2.24) is 25.1 Å². The fourth-order valence-electron chi connectivity index (χ4n) is 5.72. The Labute approximate surface area is 271 Å². The summed E-state index contributed by atoms with van der Waals surface area (Å²) in [5.41, 5.74) is 13.8. The third kappa shape index (κ3) is 7.11. The Hall–Kier alpha value is -6.06. The summed E-state index contributed by atoms with van der Waals surface area (Å²) in [5, 5.41) is 17.3. The van der Waals surface area contributed by atoms with E-state index in [1.165, 1.54) is 5.56 Å². The number of azide groups is 1. The zero-order chi connectivity index (χ0) is 32.6. The number of H-pyrrole nitrogens is 1. The predicted octanol–water partition coefficient (Wildman–Crippen LogP) is 7.27. The van der Waals surface area contributed by atoms with Crippen LogP contribution in [0, 0.1) is 0 Å². The average Bonchev–Trinajstić information content (AvgIpc) is 3.71. The molecule has 0 aliphatic carbocycles. The summed E-state index contributed by atoms with van der Waals surface area (Å²) in [7, 11) is 3.26. The van der Waals surface area contributed by atoms with Crippen LogP contribution in [0.1, 0.15) is 44.7 Å². The van der Waals surface area contributed by atoms with Crippen LogP contribution < -0.4 is 14.8 Å². The van der Waals surface area contributed by atoms with E-state index in [0.29, 0.717) is 48.0 Å². The molecular weight excluding hydrogens is 592 g/mol. The maximum Gasteiger partial charge on any atom is 0.251 e. The molecule has 1 atom stereocenters. The number of hydrogen-bond acceptors (Lipinski definition) is 6. The highest BCUT2D eigenvalue weighted by atomic mass is 16.5. The highest BCUT2D eigenvalue weighted by Gasteiger charge is 2.26. The monoisotopic (exact) mass is 626 g/mol. The molecule has 0 saturated heterocycles. The Balaban J connectivity index is 1.41. The normalized spacial score (nSPS) is 11.5. The van der Waals surface area contributed by atoms with Crippen molar-refractivity contribution in [3.63, 3.8) is 0 Å². The van der Waals surface area contributed by atoms with Crippen LogP contribution >= 0.6 is 0 Å². The van der Waals surface area contributed by atoms with Gasteiger partial charge in [-0.1, -0.05) is 65.8 Å².